The predicted octanol–water partition coefficient (Wildman–Crippen LogP) is 5.35. The Labute approximate surface area is 375 Å². The Morgan fingerprint density at radius 2 is 1.39 bits per heavy atom. The number of rotatable bonds is 11. The number of esters is 1. The largest absolute Gasteiger partial charge is 0.493 e. The highest BCUT2D eigenvalue weighted by Crippen LogP contribution is 2.65. The van der Waals surface area contributed by atoms with Crippen LogP contribution in [0.5, 0.6) is 11.5 Å². The Bertz CT molecular complexity index is 2900. The minimum absolute atomic E-state index is 0.0115. The highest BCUT2D eigenvalue weighted by atomic mass is 32.7. The van der Waals surface area contributed by atoms with E-state index in [4.69, 9.17) is 61.6 Å². The third kappa shape index (κ3) is 9.42. The van der Waals surface area contributed by atoms with Gasteiger partial charge in [0.15, 0.2) is 47.7 Å². The second-order valence-electron chi connectivity index (χ2n) is 14.5. The van der Waals surface area contributed by atoms with E-state index >= 15 is 8.78 Å². The number of aromatic nitrogens is 8. The van der Waals surface area contributed by atoms with Gasteiger partial charge in [0, 0.05) is 10.7 Å². The van der Waals surface area contributed by atoms with Crippen molar-refractivity contribution in [3.8, 4) is 11.5 Å². The number of hydrogen-bond acceptors (Lipinski definition) is 21. The molecule has 4 aromatic heterocycles. The molecule has 7 heterocycles. The van der Waals surface area contributed by atoms with Crippen molar-refractivity contribution in [3.05, 3.63) is 95.4 Å². The molecule has 4 N–H and O–H groups in total. The zero-order valence-corrected chi connectivity index (χ0v) is 36.4. The molecule has 2 radical (unpaired) electrons. The van der Waals surface area contributed by atoms with Gasteiger partial charge >= 0.3 is 12.8 Å². The number of benzene rings is 2. The van der Waals surface area contributed by atoms with Gasteiger partial charge in [0.25, 0.3) is 7.47 Å². The quantitative estimate of drug-likeness (QED) is 0.0242. The molecule has 0 spiro atoms. The molecule has 66 heavy (non-hydrogen) atoms. The number of imidazole rings is 2. The number of nitrogens with two attached hydrogens (primary N) is 2. The highest BCUT2D eigenvalue weighted by Gasteiger charge is 2.54. The van der Waals surface area contributed by atoms with E-state index in [1.165, 1.54) is 46.1 Å². The van der Waals surface area contributed by atoms with Crippen LogP contribution in [0.4, 0.5) is 20.4 Å². The maximum absolute atomic E-state index is 16.8. The third-order valence-electron chi connectivity index (χ3n) is 10.3. The number of nitrogen functional groups attached to an aromatic ring is 2. The van der Waals surface area contributed by atoms with Crippen molar-refractivity contribution < 1.29 is 59.7 Å². The van der Waals surface area contributed by atoms with Crippen LogP contribution in [0.15, 0.2) is 79.0 Å². The number of carbonyl (C=O) groups is 1. The monoisotopic (exact) mass is 967 g/mol. The lowest BCUT2D eigenvalue weighted by Gasteiger charge is -2.30. The molecule has 0 bridgehead atoms. The number of nitrogens with zero attached hydrogens (tertiary/aromatic N) is 11. The number of carbonyl (C=O) groups excluding carboxylic acids is 1. The first kappa shape index (κ1) is 45.4. The summed E-state index contributed by atoms with van der Waals surface area (Å²) in [4.78, 5) is 40.0. The molecule has 6 aromatic rings. The van der Waals surface area contributed by atoms with Gasteiger partial charge in [0.1, 0.15) is 59.6 Å². The summed E-state index contributed by atoms with van der Waals surface area (Å²) in [5.41, 5.74) is 21.6. The average molecular weight is 968 g/mol. The predicted molar refractivity (Wildman–Crippen MR) is 228 cm³/mol. The summed E-state index contributed by atoms with van der Waals surface area (Å²) in [7, 11) is 1.30. The lowest BCUT2D eigenvalue weighted by molar-refractivity contribution is -0.0546. The van der Waals surface area contributed by atoms with E-state index in [1.54, 1.807) is 24.3 Å². The number of ether oxygens (including phenoxy) is 4. The number of azide groups is 1. The maximum Gasteiger partial charge on any atom is 0.389 e. The van der Waals surface area contributed by atoms with E-state index in [0.717, 1.165) is 12.7 Å². The van der Waals surface area contributed by atoms with Crippen LogP contribution < -0.4 is 20.9 Å². The van der Waals surface area contributed by atoms with Gasteiger partial charge in [-0.05, 0) is 58.9 Å². The number of halogens is 2. The summed E-state index contributed by atoms with van der Waals surface area (Å²) >= 11 is 0.654. The fourth-order valence-corrected chi connectivity index (χ4v) is 11.6. The smallest absolute Gasteiger partial charge is 0.389 e. The molecular formula is C36H34BF2N13O11P2S. The van der Waals surface area contributed by atoms with Crippen LogP contribution in [-0.2, 0) is 42.5 Å². The summed E-state index contributed by atoms with van der Waals surface area (Å²) in [5.74, 6) is -0.0756. The van der Waals surface area contributed by atoms with Gasteiger partial charge in [-0.15, -0.1) is 0 Å². The second-order valence-corrected chi connectivity index (χ2v) is 20.1. The van der Waals surface area contributed by atoms with Crippen molar-refractivity contribution in [2.45, 2.75) is 55.0 Å². The van der Waals surface area contributed by atoms with Crippen LogP contribution in [0.1, 0.15) is 28.4 Å². The number of fused-ring (bicyclic) bond motifs is 4. The van der Waals surface area contributed by atoms with Gasteiger partial charge in [-0.3, -0.25) is 22.7 Å². The average Bonchev–Trinajstić information content (AvgIpc) is 4.08. The summed E-state index contributed by atoms with van der Waals surface area (Å²) < 4.78 is 111. The molecule has 10 atom stereocenters. The van der Waals surface area contributed by atoms with E-state index in [9.17, 15) is 13.9 Å². The summed E-state index contributed by atoms with van der Waals surface area (Å²) in [6, 6.07) is 12.3. The lowest BCUT2D eigenvalue weighted by Crippen LogP contribution is -2.37. The minimum atomic E-state index is -4.71. The lowest BCUT2D eigenvalue weighted by atomic mass is 10.1. The molecule has 0 saturated carbocycles. The van der Waals surface area contributed by atoms with E-state index in [0.29, 0.717) is 22.7 Å². The van der Waals surface area contributed by atoms with Crippen molar-refractivity contribution in [1.29, 1.82) is 0 Å². The molecule has 9 rings (SSSR count). The zero-order valence-electron chi connectivity index (χ0n) is 33.8. The van der Waals surface area contributed by atoms with E-state index < -0.39 is 82.7 Å². The van der Waals surface area contributed by atoms with Crippen LogP contribution in [0.2, 0.25) is 0 Å². The fraction of sp³-hybridized carbons (Fsp3) is 0.361. The van der Waals surface area contributed by atoms with Crippen LogP contribution in [0, 0.1) is 0 Å². The van der Waals surface area contributed by atoms with E-state index in [2.05, 4.69) is 39.9 Å². The Morgan fingerprint density at radius 1 is 0.833 bits per heavy atom. The van der Waals surface area contributed by atoms with Crippen LogP contribution in [-0.4, -0.2) is 116 Å². The Hall–Kier alpha value is -5.79. The molecule has 3 fully saturated rings. The molecule has 24 nitrogen and oxygen atoms in total. The molecule has 3 aliphatic rings. The zero-order chi connectivity index (χ0) is 46.2. The SMILES string of the molecule is [B][P@]1(=O)OC[C@H]2O[C@@H](n3cnc4c(N)ncnc43)[C@H](F)[C@@H]2O[P@@](=O)(SCc2ccc(OC(=O)c3ccc(OCCN=[N+]=[N-])cc3)cc2)OC[C@H]2O[C@@H](n3cnc4c(N)ncnc43)[C@H](F)[C@@H]2O1. The summed E-state index contributed by atoms with van der Waals surface area (Å²) in [6.45, 7) is -5.77. The first-order valence-corrected chi connectivity index (χ1v) is 24.3. The number of alkyl halides is 2. The molecule has 3 saturated heterocycles. The highest BCUT2D eigenvalue weighted by molar-refractivity contribution is 8.54. The van der Waals surface area contributed by atoms with Crippen LogP contribution in [0.3, 0.4) is 0 Å². The van der Waals surface area contributed by atoms with Gasteiger partial charge in [-0.2, -0.15) is 0 Å². The van der Waals surface area contributed by atoms with Crippen molar-refractivity contribution in [2.75, 3.05) is 37.8 Å². The van der Waals surface area contributed by atoms with E-state index in [1.807, 2.05) is 0 Å². The molecular weight excluding hydrogens is 933 g/mol. The topological polar surface area (TPSA) is 313 Å². The summed E-state index contributed by atoms with van der Waals surface area (Å²) in [6.07, 6.45) is -9.09. The van der Waals surface area contributed by atoms with Gasteiger partial charge in [-0.1, -0.05) is 17.2 Å². The normalized spacial score (nSPS) is 29.0. The second kappa shape index (κ2) is 18.8. The molecule has 0 amide bonds. The Balaban J connectivity index is 0.956. The molecule has 3 aliphatic heterocycles. The first-order chi connectivity index (χ1) is 31.8. The van der Waals surface area contributed by atoms with Crippen molar-refractivity contribution >= 4 is 73.2 Å². The molecule has 30 heteroatoms. The van der Waals surface area contributed by atoms with Crippen LogP contribution >= 0.6 is 25.7 Å². The maximum atomic E-state index is 16.8. The van der Waals surface area contributed by atoms with Crippen molar-refractivity contribution in [3.63, 3.8) is 0 Å². The molecule has 0 unspecified atom stereocenters. The van der Waals surface area contributed by atoms with Gasteiger partial charge in [0.2, 0.25) is 7.57 Å². The fourth-order valence-electron chi connectivity index (χ4n) is 7.17. The standard InChI is InChI=1S/C36H34BF2N13O11P2S/c37-64(54)57-11-22-29(25(39)35(60-22)52-17-48-27-31(41)44-15-46-33(27)52)63-65(55,58-12-23-28(62-64)24(38)34(61-23)51-16-47-26-30(40)43-14-45-32(26)51)66-13-18-1-5-21(6-2-18)59-36(53)19-3-7-20(8-4-19)56-10-9-49-50-42/h1-8,14-17,22-25,28-29,34-35H,9-13H2,(H2,40,43,45)(H2,41,44,46)/t22-,23-,24-,25-,28-,29-,34-,35-,64+,65+/m1/s1. The first-order valence-electron chi connectivity index (χ1n) is 19.6. The number of anilines is 2. The Morgan fingerprint density at radius 3 is 1.98 bits per heavy atom. The van der Waals surface area contributed by atoms with Gasteiger partial charge < -0.3 is 39.5 Å². The van der Waals surface area contributed by atoms with Crippen molar-refractivity contribution in [2.24, 2.45) is 5.11 Å². The van der Waals surface area contributed by atoms with Gasteiger partial charge in [-0.25, -0.2) is 48.0 Å². The molecule has 0 aliphatic carbocycles. The Kier molecular flexibility index (Phi) is 13.0. The van der Waals surface area contributed by atoms with Crippen molar-refractivity contribution in [1.82, 2.24) is 39.0 Å². The summed E-state index contributed by atoms with van der Waals surface area (Å²) in [5, 5.41) is 3.40. The van der Waals surface area contributed by atoms with Gasteiger partial charge in [0.05, 0.1) is 44.6 Å². The van der Waals surface area contributed by atoms with Crippen LogP contribution in [0.25, 0.3) is 32.8 Å². The minimum Gasteiger partial charge on any atom is -0.493 e. The molecule has 342 valence electrons. The van der Waals surface area contributed by atoms with E-state index in [-0.39, 0.29) is 64.2 Å². The molecule has 2 aromatic carbocycles. The third-order valence-corrected chi connectivity index (χ3v) is 15.0. The number of hydrogen-bond donors (Lipinski definition) is 2.